The SMILES string of the molecule is COCCN1CCCc2ccc(NC(=O)c3ccc(Br)o3)cc21. The maximum atomic E-state index is 12.2. The van der Waals surface area contributed by atoms with Crippen molar-refractivity contribution in [3.05, 3.63) is 46.3 Å². The van der Waals surface area contributed by atoms with E-state index >= 15 is 0 Å². The summed E-state index contributed by atoms with van der Waals surface area (Å²) in [5, 5.41) is 2.89. The smallest absolute Gasteiger partial charge is 0.291 e. The zero-order valence-corrected chi connectivity index (χ0v) is 14.6. The van der Waals surface area contributed by atoms with Gasteiger partial charge in [0.1, 0.15) is 0 Å². The molecule has 0 atom stereocenters. The highest BCUT2D eigenvalue weighted by Gasteiger charge is 2.18. The van der Waals surface area contributed by atoms with Gasteiger partial charge in [0.05, 0.1) is 6.61 Å². The summed E-state index contributed by atoms with van der Waals surface area (Å²) in [6, 6.07) is 9.40. The van der Waals surface area contributed by atoms with Crippen molar-refractivity contribution >= 4 is 33.2 Å². The van der Waals surface area contributed by atoms with E-state index in [1.54, 1.807) is 19.2 Å². The van der Waals surface area contributed by atoms with Crippen LogP contribution in [0.4, 0.5) is 11.4 Å². The van der Waals surface area contributed by atoms with Crippen molar-refractivity contribution < 1.29 is 13.9 Å². The molecular weight excluding hydrogens is 360 g/mol. The second kappa shape index (κ2) is 7.19. The van der Waals surface area contributed by atoms with Crippen LogP contribution in [0, 0.1) is 0 Å². The molecule has 1 aliphatic heterocycles. The number of ether oxygens (including phenoxy) is 1. The molecule has 0 radical (unpaired) electrons. The molecule has 1 aliphatic rings. The van der Waals surface area contributed by atoms with E-state index in [0.29, 0.717) is 11.3 Å². The summed E-state index contributed by atoms with van der Waals surface area (Å²) < 4.78 is 11.0. The van der Waals surface area contributed by atoms with Gasteiger partial charge in [-0.15, -0.1) is 0 Å². The van der Waals surface area contributed by atoms with E-state index < -0.39 is 0 Å². The monoisotopic (exact) mass is 378 g/mol. The highest BCUT2D eigenvalue weighted by atomic mass is 79.9. The zero-order valence-electron chi connectivity index (χ0n) is 13.0. The number of furan rings is 1. The number of anilines is 2. The molecule has 0 fully saturated rings. The molecule has 0 bridgehead atoms. The van der Waals surface area contributed by atoms with Gasteiger partial charge in [0, 0.05) is 31.6 Å². The first kappa shape index (κ1) is 16.1. The molecule has 23 heavy (non-hydrogen) atoms. The van der Waals surface area contributed by atoms with E-state index in [9.17, 15) is 4.79 Å². The Kier molecular flexibility index (Phi) is 5.03. The van der Waals surface area contributed by atoms with Crippen LogP contribution < -0.4 is 10.2 Å². The maximum absolute atomic E-state index is 12.2. The first-order valence-corrected chi connectivity index (χ1v) is 8.40. The number of nitrogens with zero attached hydrogens (tertiary/aromatic N) is 1. The first-order valence-electron chi connectivity index (χ1n) is 7.61. The van der Waals surface area contributed by atoms with E-state index in [1.807, 2.05) is 12.1 Å². The molecule has 2 aromatic rings. The number of nitrogens with one attached hydrogen (secondary N) is 1. The molecule has 0 saturated carbocycles. The third-order valence-corrected chi connectivity index (χ3v) is 4.35. The topological polar surface area (TPSA) is 54.7 Å². The fraction of sp³-hybridized carbons (Fsp3) is 0.353. The van der Waals surface area contributed by atoms with Crippen molar-refractivity contribution in [3.63, 3.8) is 0 Å². The van der Waals surface area contributed by atoms with Gasteiger partial charge in [-0.25, -0.2) is 0 Å². The molecule has 6 heteroatoms. The van der Waals surface area contributed by atoms with E-state index in [1.165, 1.54) is 11.3 Å². The summed E-state index contributed by atoms with van der Waals surface area (Å²) in [5.41, 5.74) is 3.25. The lowest BCUT2D eigenvalue weighted by Gasteiger charge is -2.31. The molecule has 3 rings (SSSR count). The van der Waals surface area contributed by atoms with Crippen molar-refractivity contribution in [1.29, 1.82) is 0 Å². The van der Waals surface area contributed by atoms with Gasteiger partial charge in [-0.05, 0) is 58.6 Å². The number of fused-ring (bicyclic) bond motifs is 1. The summed E-state index contributed by atoms with van der Waals surface area (Å²) in [6.07, 6.45) is 2.21. The average molecular weight is 379 g/mol. The number of amides is 1. The van der Waals surface area contributed by atoms with E-state index in [-0.39, 0.29) is 11.7 Å². The Morgan fingerprint density at radius 3 is 3.00 bits per heavy atom. The van der Waals surface area contributed by atoms with Crippen LogP contribution in [0.15, 0.2) is 39.4 Å². The largest absolute Gasteiger partial charge is 0.444 e. The number of hydrogen-bond donors (Lipinski definition) is 1. The van der Waals surface area contributed by atoms with Gasteiger partial charge in [0.2, 0.25) is 0 Å². The highest BCUT2D eigenvalue weighted by molar-refractivity contribution is 9.10. The molecule has 122 valence electrons. The number of carbonyl (C=O) groups is 1. The Balaban J connectivity index is 1.77. The molecule has 0 unspecified atom stereocenters. The molecule has 0 saturated heterocycles. The molecule has 1 aromatic heterocycles. The second-order valence-corrected chi connectivity index (χ2v) is 6.27. The van der Waals surface area contributed by atoms with Crippen LogP contribution >= 0.6 is 15.9 Å². The van der Waals surface area contributed by atoms with Crippen molar-refractivity contribution in [1.82, 2.24) is 0 Å². The molecule has 2 heterocycles. The van der Waals surface area contributed by atoms with Crippen molar-refractivity contribution in [2.24, 2.45) is 0 Å². The summed E-state index contributed by atoms with van der Waals surface area (Å²) in [5.74, 6) is 0.0285. The van der Waals surface area contributed by atoms with Gasteiger partial charge < -0.3 is 19.4 Å². The molecule has 1 N–H and O–H groups in total. The summed E-state index contributed by atoms with van der Waals surface area (Å²) in [4.78, 5) is 14.5. The number of carbonyl (C=O) groups excluding carboxylic acids is 1. The summed E-state index contributed by atoms with van der Waals surface area (Å²) in [6.45, 7) is 2.56. The Bertz CT molecular complexity index is 699. The van der Waals surface area contributed by atoms with E-state index in [2.05, 4.69) is 32.2 Å². The van der Waals surface area contributed by atoms with Gasteiger partial charge in [-0.2, -0.15) is 0 Å². The van der Waals surface area contributed by atoms with Crippen LogP contribution in [-0.4, -0.2) is 32.7 Å². The number of hydrogen-bond acceptors (Lipinski definition) is 4. The quantitative estimate of drug-likeness (QED) is 0.861. The number of benzene rings is 1. The highest BCUT2D eigenvalue weighted by Crippen LogP contribution is 2.30. The number of methoxy groups -OCH3 is 1. The summed E-state index contributed by atoms with van der Waals surface area (Å²) in [7, 11) is 1.71. The Hall–Kier alpha value is -1.79. The average Bonchev–Trinajstić information content (AvgIpc) is 2.99. The molecule has 1 aromatic carbocycles. The van der Waals surface area contributed by atoms with Gasteiger partial charge in [0.25, 0.3) is 5.91 Å². The lowest BCUT2D eigenvalue weighted by molar-refractivity contribution is 0.0995. The van der Waals surface area contributed by atoms with Crippen LogP contribution in [0.25, 0.3) is 0 Å². The van der Waals surface area contributed by atoms with Gasteiger partial charge in [-0.1, -0.05) is 6.07 Å². The van der Waals surface area contributed by atoms with Crippen molar-refractivity contribution in [3.8, 4) is 0 Å². The standard InChI is InChI=1S/C17H19BrN2O3/c1-22-10-9-20-8-2-3-12-4-5-13(11-14(12)20)19-17(21)15-6-7-16(18)23-15/h4-7,11H,2-3,8-10H2,1H3,(H,19,21). The van der Waals surface area contributed by atoms with Gasteiger partial charge in [-0.3, -0.25) is 4.79 Å². The zero-order chi connectivity index (χ0) is 16.2. The predicted molar refractivity (Wildman–Crippen MR) is 93.2 cm³/mol. The first-order chi connectivity index (χ1) is 11.2. The van der Waals surface area contributed by atoms with E-state index in [4.69, 9.17) is 9.15 Å². The predicted octanol–water partition coefficient (Wildman–Crippen LogP) is 3.69. The Morgan fingerprint density at radius 2 is 2.26 bits per heavy atom. The Labute approximate surface area is 143 Å². The molecule has 0 aliphatic carbocycles. The van der Waals surface area contributed by atoms with Crippen LogP contribution in [0.1, 0.15) is 22.5 Å². The third-order valence-electron chi connectivity index (χ3n) is 3.92. The van der Waals surface area contributed by atoms with Crippen molar-refractivity contribution in [2.45, 2.75) is 12.8 Å². The number of rotatable bonds is 5. The molecule has 0 spiro atoms. The van der Waals surface area contributed by atoms with Crippen LogP contribution in [0.3, 0.4) is 0 Å². The second-order valence-electron chi connectivity index (χ2n) is 5.48. The normalized spacial score (nSPS) is 13.7. The fourth-order valence-corrected chi connectivity index (χ4v) is 3.10. The number of aryl methyl sites for hydroxylation is 1. The Morgan fingerprint density at radius 1 is 1.39 bits per heavy atom. The molecular formula is C17H19BrN2O3. The minimum atomic E-state index is -0.255. The van der Waals surface area contributed by atoms with Crippen molar-refractivity contribution in [2.75, 3.05) is 37.0 Å². The molecule has 5 nitrogen and oxygen atoms in total. The van der Waals surface area contributed by atoms with Crippen LogP contribution in [0.2, 0.25) is 0 Å². The fourth-order valence-electron chi connectivity index (χ4n) is 2.79. The lowest BCUT2D eigenvalue weighted by Crippen LogP contribution is -2.32. The minimum Gasteiger partial charge on any atom is -0.444 e. The number of halogens is 1. The van der Waals surface area contributed by atoms with Gasteiger partial charge in [0.15, 0.2) is 10.4 Å². The van der Waals surface area contributed by atoms with Crippen LogP contribution in [0.5, 0.6) is 0 Å². The maximum Gasteiger partial charge on any atom is 0.291 e. The van der Waals surface area contributed by atoms with Gasteiger partial charge >= 0.3 is 0 Å². The minimum absolute atomic E-state index is 0.255. The third kappa shape index (κ3) is 3.76. The lowest BCUT2D eigenvalue weighted by atomic mass is 10.0. The summed E-state index contributed by atoms with van der Waals surface area (Å²) >= 11 is 3.20. The van der Waals surface area contributed by atoms with Crippen LogP contribution in [-0.2, 0) is 11.2 Å². The molecule has 1 amide bonds. The van der Waals surface area contributed by atoms with E-state index in [0.717, 1.165) is 31.6 Å².